The molecule has 0 aliphatic carbocycles. The van der Waals surface area contributed by atoms with Crippen molar-refractivity contribution in [3.05, 3.63) is 52.2 Å². The van der Waals surface area contributed by atoms with Crippen molar-refractivity contribution in [2.75, 3.05) is 25.0 Å². The first-order valence-corrected chi connectivity index (χ1v) is 8.04. The Morgan fingerprint density at radius 1 is 1.18 bits per heavy atom. The summed E-state index contributed by atoms with van der Waals surface area (Å²) in [6, 6.07) is 10.6. The van der Waals surface area contributed by atoms with Crippen LogP contribution >= 0.6 is 11.3 Å². The summed E-state index contributed by atoms with van der Waals surface area (Å²) in [5.74, 6) is 0.248. The fourth-order valence-electron chi connectivity index (χ4n) is 2.17. The van der Waals surface area contributed by atoms with Crippen LogP contribution in [0.2, 0.25) is 0 Å². The number of nitrogens with one attached hydrogen (secondary N) is 3. The van der Waals surface area contributed by atoms with Crippen molar-refractivity contribution < 1.29 is 9.59 Å². The van der Waals surface area contributed by atoms with Crippen LogP contribution in [0.1, 0.15) is 20.0 Å². The number of amides is 2. The van der Waals surface area contributed by atoms with Gasteiger partial charge in [-0.05, 0) is 29.6 Å². The zero-order chi connectivity index (χ0) is 15.4. The van der Waals surface area contributed by atoms with Crippen molar-refractivity contribution in [1.82, 2.24) is 10.6 Å². The molecule has 1 fully saturated rings. The van der Waals surface area contributed by atoms with Gasteiger partial charge in [-0.15, -0.1) is 11.3 Å². The van der Waals surface area contributed by atoms with Gasteiger partial charge in [0.2, 0.25) is 0 Å². The number of anilines is 1. The van der Waals surface area contributed by atoms with Crippen molar-refractivity contribution in [3.8, 4) is 0 Å². The molecule has 0 atom stereocenters. The van der Waals surface area contributed by atoms with E-state index in [-0.39, 0.29) is 11.8 Å². The molecule has 0 bridgehead atoms. The Labute approximate surface area is 132 Å². The van der Waals surface area contributed by atoms with Gasteiger partial charge in [-0.2, -0.15) is 0 Å². The zero-order valence-corrected chi connectivity index (χ0v) is 12.8. The summed E-state index contributed by atoms with van der Waals surface area (Å²) in [6.45, 7) is 2.59. The fraction of sp³-hybridized carbons (Fsp3) is 0.250. The highest BCUT2D eigenvalue weighted by molar-refractivity contribution is 7.12. The minimum Gasteiger partial charge on any atom is -0.352 e. The molecule has 2 aromatic rings. The monoisotopic (exact) mass is 315 g/mol. The number of carbonyl (C=O) groups excluding carboxylic acids is 2. The second-order valence-electron chi connectivity index (χ2n) is 5.25. The summed E-state index contributed by atoms with van der Waals surface area (Å²) in [4.78, 5) is 24.8. The molecule has 1 aromatic carbocycles. The molecule has 0 radical (unpaired) electrons. The minimum absolute atomic E-state index is 0.112. The quantitative estimate of drug-likeness (QED) is 0.790. The summed E-state index contributed by atoms with van der Waals surface area (Å²) in [5, 5.41) is 10.8. The Morgan fingerprint density at radius 3 is 2.73 bits per heavy atom. The number of hydrogen-bond acceptors (Lipinski definition) is 4. The third kappa shape index (κ3) is 3.52. The van der Waals surface area contributed by atoms with Gasteiger partial charge in [-0.1, -0.05) is 12.1 Å². The SMILES string of the molecule is O=C(NCC1CNC1)c1cccc(NC(=O)c2cccs2)c1. The van der Waals surface area contributed by atoms with Crippen molar-refractivity contribution in [2.24, 2.45) is 5.92 Å². The van der Waals surface area contributed by atoms with Gasteiger partial charge in [0.25, 0.3) is 11.8 Å². The van der Waals surface area contributed by atoms with Crippen LogP contribution in [0.3, 0.4) is 0 Å². The molecule has 6 heteroatoms. The standard InChI is InChI=1S/C16H17N3O2S/c20-15(18-10-11-8-17-9-11)12-3-1-4-13(7-12)19-16(21)14-5-2-6-22-14/h1-7,11,17H,8-10H2,(H,18,20)(H,19,21). The highest BCUT2D eigenvalue weighted by atomic mass is 32.1. The summed E-state index contributed by atoms with van der Waals surface area (Å²) in [5.41, 5.74) is 1.17. The molecular weight excluding hydrogens is 298 g/mol. The predicted molar refractivity (Wildman–Crippen MR) is 87.4 cm³/mol. The van der Waals surface area contributed by atoms with Crippen LogP contribution in [0, 0.1) is 5.92 Å². The second-order valence-corrected chi connectivity index (χ2v) is 6.19. The Balaban J connectivity index is 1.61. The maximum absolute atomic E-state index is 12.1. The van der Waals surface area contributed by atoms with E-state index < -0.39 is 0 Å². The van der Waals surface area contributed by atoms with E-state index in [1.807, 2.05) is 11.4 Å². The molecule has 22 heavy (non-hydrogen) atoms. The first kappa shape index (κ1) is 14.7. The molecular formula is C16H17N3O2S. The molecule has 2 amide bonds. The van der Waals surface area contributed by atoms with Crippen LogP contribution in [0.4, 0.5) is 5.69 Å². The van der Waals surface area contributed by atoms with Crippen LogP contribution in [0.25, 0.3) is 0 Å². The van der Waals surface area contributed by atoms with E-state index in [2.05, 4.69) is 16.0 Å². The minimum atomic E-state index is -0.159. The zero-order valence-electron chi connectivity index (χ0n) is 12.0. The highest BCUT2D eigenvalue weighted by Crippen LogP contribution is 2.15. The Kier molecular flexibility index (Phi) is 4.50. The van der Waals surface area contributed by atoms with Gasteiger partial charge in [0.15, 0.2) is 0 Å². The van der Waals surface area contributed by atoms with Crippen LogP contribution < -0.4 is 16.0 Å². The van der Waals surface area contributed by atoms with E-state index >= 15 is 0 Å². The normalized spacial score (nSPS) is 14.2. The van der Waals surface area contributed by atoms with Gasteiger partial charge in [0.05, 0.1) is 4.88 Å². The third-order valence-electron chi connectivity index (χ3n) is 3.54. The van der Waals surface area contributed by atoms with E-state index in [1.54, 1.807) is 30.3 Å². The van der Waals surface area contributed by atoms with Gasteiger partial charge >= 0.3 is 0 Å². The summed E-state index contributed by atoms with van der Waals surface area (Å²) in [7, 11) is 0. The maximum Gasteiger partial charge on any atom is 0.265 e. The molecule has 1 saturated heterocycles. The van der Waals surface area contributed by atoms with E-state index in [9.17, 15) is 9.59 Å². The second kappa shape index (κ2) is 6.72. The van der Waals surface area contributed by atoms with Crippen molar-refractivity contribution in [3.63, 3.8) is 0 Å². The summed E-state index contributed by atoms with van der Waals surface area (Å²) in [6.07, 6.45) is 0. The number of thiophene rings is 1. The van der Waals surface area contributed by atoms with E-state index in [0.717, 1.165) is 13.1 Å². The van der Waals surface area contributed by atoms with Crippen molar-refractivity contribution >= 4 is 28.8 Å². The first-order valence-electron chi connectivity index (χ1n) is 7.16. The first-order chi connectivity index (χ1) is 10.7. The molecule has 0 unspecified atom stereocenters. The lowest BCUT2D eigenvalue weighted by molar-refractivity contribution is 0.0941. The van der Waals surface area contributed by atoms with E-state index in [4.69, 9.17) is 0 Å². The Morgan fingerprint density at radius 2 is 2.05 bits per heavy atom. The predicted octanol–water partition coefficient (Wildman–Crippen LogP) is 1.95. The molecule has 1 aliphatic heterocycles. The topological polar surface area (TPSA) is 70.2 Å². The Hall–Kier alpha value is -2.18. The highest BCUT2D eigenvalue weighted by Gasteiger charge is 2.17. The van der Waals surface area contributed by atoms with Gasteiger partial charge in [-0.25, -0.2) is 0 Å². The molecule has 2 heterocycles. The lowest BCUT2D eigenvalue weighted by Gasteiger charge is -2.27. The van der Waals surface area contributed by atoms with Crippen LogP contribution in [-0.2, 0) is 0 Å². The Bertz CT molecular complexity index is 666. The van der Waals surface area contributed by atoms with Gasteiger partial charge in [0.1, 0.15) is 0 Å². The maximum atomic E-state index is 12.1. The molecule has 1 aromatic heterocycles. The van der Waals surface area contributed by atoms with Gasteiger partial charge in [0, 0.05) is 36.8 Å². The average molecular weight is 315 g/mol. The van der Waals surface area contributed by atoms with Crippen LogP contribution in [-0.4, -0.2) is 31.4 Å². The lowest BCUT2D eigenvalue weighted by atomic mass is 10.0. The van der Waals surface area contributed by atoms with Crippen LogP contribution in [0.15, 0.2) is 41.8 Å². The summed E-state index contributed by atoms with van der Waals surface area (Å²) >= 11 is 1.38. The van der Waals surface area contributed by atoms with Gasteiger partial charge < -0.3 is 16.0 Å². The summed E-state index contributed by atoms with van der Waals surface area (Å²) < 4.78 is 0. The number of rotatable bonds is 5. The molecule has 0 spiro atoms. The lowest BCUT2D eigenvalue weighted by Crippen LogP contribution is -2.48. The number of hydrogen-bond donors (Lipinski definition) is 3. The number of carbonyl (C=O) groups is 2. The molecule has 3 N–H and O–H groups in total. The van der Waals surface area contributed by atoms with Gasteiger partial charge in [-0.3, -0.25) is 9.59 Å². The van der Waals surface area contributed by atoms with E-state index in [1.165, 1.54) is 11.3 Å². The molecule has 3 rings (SSSR count). The molecule has 5 nitrogen and oxygen atoms in total. The average Bonchev–Trinajstić information content (AvgIpc) is 3.00. The van der Waals surface area contributed by atoms with E-state index in [0.29, 0.717) is 28.6 Å². The fourth-order valence-corrected chi connectivity index (χ4v) is 2.79. The van der Waals surface area contributed by atoms with Crippen LogP contribution in [0.5, 0.6) is 0 Å². The molecule has 1 aliphatic rings. The smallest absolute Gasteiger partial charge is 0.265 e. The molecule has 114 valence electrons. The third-order valence-corrected chi connectivity index (χ3v) is 4.41. The van der Waals surface area contributed by atoms with Crippen molar-refractivity contribution in [1.29, 1.82) is 0 Å². The largest absolute Gasteiger partial charge is 0.352 e. The number of benzene rings is 1. The van der Waals surface area contributed by atoms with Crippen molar-refractivity contribution in [2.45, 2.75) is 0 Å². The molecule has 0 saturated carbocycles.